The number of rotatable bonds is 0. The molecule has 0 aromatic heterocycles. The van der Waals surface area contributed by atoms with Crippen molar-refractivity contribution in [1.82, 2.24) is 0 Å². The highest BCUT2D eigenvalue weighted by atomic mass is 35.5. The summed E-state index contributed by atoms with van der Waals surface area (Å²) >= 11 is 0. The average molecular weight is 255 g/mol. The van der Waals surface area contributed by atoms with Crippen LogP contribution in [0.2, 0.25) is 0 Å². The molecule has 1 spiro atoms. The van der Waals surface area contributed by atoms with Crippen molar-refractivity contribution in [2.75, 3.05) is 5.32 Å². The van der Waals surface area contributed by atoms with Gasteiger partial charge in [0.25, 0.3) is 0 Å². The van der Waals surface area contributed by atoms with Gasteiger partial charge in [-0.15, -0.1) is 0 Å². The first kappa shape index (κ1) is 12.7. The van der Waals surface area contributed by atoms with Crippen LogP contribution in [0.4, 0.5) is 10.1 Å². The molecule has 1 N–H and O–H groups in total. The molecule has 3 heteroatoms. The van der Waals surface area contributed by atoms with Gasteiger partial charge in [-0.3, -0.25) is 0 Å². The molecule has 0 amide bonds. The Kier molecular flexibility index (Phi) is 3.35. The van der Waals surface area contributed by atoms with Gasteiger partial charge in [-0.25, -0.2) is 4.39 Å². The SMILES string of the molecule is CC1CC2(CCCC2)Nc2ccc(F)cc21.[Cl-]. The topological polar surface area (TPSA) is 12.0 Å². The Morgan fingerprint density at radius 3 is 2.71 bits per heavy atom. The molecule has 1 unspecified atom stereocenters. The van der Waals surface area contributed by atoms with Crippen LogP contribution < -0.4 is 17.7 Å². The van der Waals surface area contributed by atoms with E-state index in [2.05, 4.69) is 12.2 Å². The molecule has 2 aliphatic rings. The van der Waals surface area contributed by atoms with Crippen LogP contribution in [-0.2, 0) is 0 Å². The van der Waals surface area contributed by atoms with Gasteiger partial charge >= 0.3 is 0 Å². The lowest BCUT2D eigenvalue weighted by molar-refractivity contribution is -0.00000420. The van der Waals surface area contributed by atoms with Crippen LogP contribution >= 0.6 is 0 Å². The Morgan fingerprint density at radius 1 is 1.29 bits per heavy atom. The molecule has 1 aromatic rings. The van der Waals surface area contributed by atoms with Crippen molar-refractivity contribution < 1.29 is 16.8 Å². The Bertz CT molecular complexity index is 413. The lowest BCUT2D eigenvalue weighted by Crippen LogP contribution is -3.00. The Balaban J connectivity index is 0.00000108. The normalized spacial score (nSPS) is 24.9. The van der Waals surface area contributed by atoms with Crippen LogP contribution in [-0.4, -0.2) is 5.54 Å². The Labute approximate surface area is 108 Å². The van der Waals surface area contributed by atoms with Gasteiger partial charge < -0.3 is 17.7 Å². The van der Waals surface area contributed by atoms with Crippen molar-refractivity contribution in [3.8, 4) is 0 Å². The number of anilines is 1. The lowest BCUT2D eigenvalue weighted by Gasteiger charge is -2.40. The minimum absolute atomic E-state index is 0. The predicted molar refractivity (Wildman–Crippen MR) is 64.3 cm³/mol. The molecular weight excluding hydrogens is 237 g/mol. The third-order valence-corrected chi connectivity index (χ3v) is 4.20. The molecule has 94 valence electrons. The van der Waals surface area contributed by atoms with Gasteiger partial charge in [-0.2, -0.15) is 0 Å². The number of fused-ring (bicyclic) bond motifs is 1. The van der Waals surface area contributed by atoms with Gasteiger partial charge in [0, 0.05) is 11.2 Å². The van der Waals surface area contributed by atoms with Crippen LogP contribution in [0.15, 0.2) is 18.2 Å². The average Bonchev–Trinajstić information content (AvgIpc) is 2.68. The maximum absolute atomic E-state index is 13.2. The summed E-state index contributed by atoms with van der Waals surface area (Å²) in [5.74, 6) is 0.361. The van der Waals surface area contributed by atoms with Crippen LogP contribution in [0, 0.1) is 5.82 Å². The summed E-state index contributed by atoms with van der Waals surface area (Å²) in [5, 5.41) is 3.66. The first-order chi connectivity index (χ1) is 7.69. The summed E-state index contributed by atoms with van der Waals surface area (Å²) in [5.41, 5.74) is 2.61. The summed E-state index contributed by atoms with van der Waals surface area (Å²) in [6.45, 7) is 2.22. The molecule has 1 aliphatic heterocycles. The zero-order chi connectivity index (χ0) is 11.2. The van der Waals surface area contributed by atoms with Gasteiger partial charge in [-0.05, 0) is 48.9 Å². The molecule has 0 saturated heterocycles. The van der Waals surface area contributed by atoms with E-state index in [1.54, 1.807) is 12.1 Å². The third-order valence-electron chi connectivity index (χ3n) is 4.20. The second-order valence-corrected chi connectivity index (χ2v) is 5.45. The Morgan fingerprint density at radius 2 is 2.00 bits per heavy atom. The second kappa shape index (κ2) is 4.49. The fraction of sp³-hybridized carbons (Fsp3) is 0.571. The molecule has 1 saturated carbocycles. The molecule has 1 aliphatic carbocycles. The molecule has 3 rings (SSSR count). The van der Waals surface area contributed by atoms with E-state index in [4.69, 9.17) is 0 Å². The summed E-state index contributed by atoms with van der Waals surface area (Å²) < 4.78 is 13.2. The van der Waals surface area contributed by atoms with E-state index >= 15 is 0 Å². The lowest BCUT2D eigenvalue weighted by atomic mass is 9.79. The van der Waals surface area contributed by atoms with Gasteiger partial charge in [0.15, 0.2) is 0 Å². The smallest absolute Gasteiger partial charge is 0.123 e. The summed E-state index contributed by atoms with van der Waals surface area (Å²) in [6, 6.07) is 5.15. The number of halogens is 2. The van der Waals surface area contributed by atoms with E-state index in [1.807, 2.05) is 6.07 Å². The van der Waals surface area contributed by atoms with Crippen molar-refractivity contribution in [2.24, 2.45) is 0 Å². The van der Waals surface area contributed by atoms with Crippen molar-refractivity contribution >= 4 is 5.69 Å². The van der Waals surface area contributed by atoms with Gasteiger partial charge in [0.2, 0.25) is 0 Å². The van der Waals surface area contributed by atoms with Gasteiger partial charge in [0.1, 0.15) is 5.82 Å². The molecule has 1 heterocycles. The summed E-state index contributed by atoms with van der Waals surface area (Å²) in [4.78, 5) is 0. The van der Waals surface area contributed by atoms with Crippen molar-refractivity contribution in [3.63, 3.8) is 0 Å². The fourth-order valence-corrected chi connectivity index (χ4v) is 3.47. The number of benzene rings is 1. The predicted octanol–water partition coefficient (Wildman–Crippen LogP) is 1.06. The quantitative estimate of drug-likeness (QED) is 0.730. The highest BCUT2D eigenvalue weighted by Gasteiger charge is 2.39. The largest absolute Gasteiger partial charge is 1.00 e. The minimum atomic E-state index is -0.116. The van der Waals surface area contributed by atoms with Gasteiger partial charge in [-0.1, -0.05) is 19.8 Å². The highest BCUT2D eigenvalue weighted by molar-refractivity contribution is 5.57. The van der Waals surface area contributed by atoms with Crippen molar-refractivity contribution in [1.29, 1.82) is 0 Å². The number of nitrogens with one attached hydrogen (secondary N) is 1. The molecule has 1 aromatic carbocycles. The molecule has 1 atom stereocenters. The van der Waals surface area contributed by atoms with E-state index in [1.165, 1.54) is 25.7 Å². The maximum atomic E-state index is 13.2. The third kappa shape index (κ3) is 2.15. The van der Waals surface area contributed by atoms with Crippen molar-refractivity contribution in [2.45, 2.75) is 50.5 Å². The first-order valence-corrected chi connectivity index (χ1v) is 6.26. The summed E-state index contributed by atoms with van der Waals surface area (Å²) in [7, 11) is 0. The molecule has 0 bridgehead atoms. The van der Waals surface area contributed by atoms with E-state index in [9.17, 15) is 4.39 Å². The van der Waals surface area contributed by atoms with Gasteiger partial charge in [0.05, 0.1) is 0 Å². The minimum Gasteiger partial charge on any atom is -1.00 e. The van der Waals surface area contributed by atoms with E-state index in [-0.39, 0.29) is 18.2 Å². The fourth-order valence-electron chi connectivity index (χ4n) is 3.47. The zero-order valence-corrected chi connectivity index (χ0v) is 10.9. The molecule has 0 radical (unpaired) electrons. The van der Waals surface area contributed by atoms with Crippen LogP contribution in [0.1, 0.15) is 50.5 Å². The maximum Gasteiger partial charge on any atom is 0.123 e. The van der Waals surface area contributed by atoms with E-state index in [0.29, 0.717) is 11.5 Å². The number of hydrogen-bond acceptors (Lipinski definition) is 1. The zero-order valence-electron chi connectivity index (χ0n) is 10.1. The standard InChI is InChI=1S/C14H18FN.ClH/c1-10-9-14(6-2-3-7-14)16-13-5-4-11(15)8-12(10)13;/h4-5,8,10,16H,2-3,6-7,9H2,1H3;1H/p-1. The summed E-state index contributed by atoms with van der Waals surface area (Å²) in [6.07, 6.45) is 6.36. The molecule has 1 nitrogen and oxygen atoms in total. The monoisotopic (exact) mass is 254 g/mol. The van der Waals surface area contributed by atoms with Crippen molar-refractivity contribution in [3.05, 3.63) is 29.6 Å². The second-order valence-electron chi connectivity index (χ2n) is 5.45. The molecule has 1 fully saturated rings. The van der Waals surface area contributed by atoms with Crippen LogP contribution in [0.25, 0.3) is 0 Å². The molecule has 17 heavy (non-hydrogen) atoms. The van der Waals surface area contributed by atoms with Crippen LogP contribution in [0.3, 0.4) is 0 Å². The highest BCUT2D eigenvalue weighted by Crippen LogP contribution is 2.46. The van der Waals surface area contributed by atoms with E-state index in [0.717, 1.165) is 17.7 Å². The first-order valence-electron chi connectivity index (χ1n) is 6.26. The molecular formula is C14H18ClFN-. The van der Waals surface area contributed by atoms with Crippen LogP contribution in [0.5, 0.6) is 0 Å². The number of hydrogen-bond donors (Lipinski definition) is 1. The Hall–Kier alpha value is -0.760. The van der Waals surface area contributed by atoms with E-state index < -0.39 is 0 Å².